The summed E-state index contributed by atoms with van der Waals surface area (Å²) in [5, 5.41) is 2.89. The average molecular weight is 461 g/mol. The number of urea groups is 1. The highest BCUT2D eigenvalue weighted by molar-refractivity contribution is 7.89. The predicted octanol–water partition coefficient (Wildman–Crippen LogP) is 3.03. The Labute approximate surface area is 188 Å². The molecule has 0 aliphatic carbocycles. The van der Waals surface area contributed by atoms with Crippen LogP contribution in [0.3, 0.4) is 0 Å². The second-order valence-corrected chi connectivity index (χ2v) is 10.1. The molecule has 2 heterocycles. The minimum Gasteiger partial charge on any atom is -0.366 e. The van der Waals surface area contributed by atoms with Crippen molar-refractivity contribution in [1.82, 2.24) is 14.5 Å². The van der Waals surface area contributed by atoms with E-state index in [1.807, 2.05) is 4.90 Å². The summed E-state index contributed by atoms with van der Waals surface area (Å²) in [5.74, 6) is -0.254. The monoisotopic (exact) mass is 460 g/mol. The quantitative estimate of drug-likeness (QED) is 0.745. The van der Waals surface area contributed by atoms with Crippen LogP contribution in [0.15, 0.2) is 53.4 Å². The maximum Gasteiger partial charge on any atom is 0.317 e. The third-order valence-corrected chi connectivity index (χ3v) is 7.99. The van der Waals surface area contributed by atoms with Gasteiger partial charge < -0.3 is 15.1 Å². The number of carbonyl (C=O) groups is 1. The second-order valence-electron chi connectivity index (χ2n) is 8.19. The Bertz CT molecular complexity index is 1030. The molecule has 0 spiro atoms. The molecule has 2 aliphatic rings. The molecule has 2 aromatic rings. The Morgan fingerprint density at radius 3 is 2.19 bits per heavy atom. The van der Waals surface area contributed by atoms with Gasteiger partial charge in [-0.05, 0) is 42.7 Å². The number of hydrogen-bond acceptors (Lipinski definition) is 4. The van der Waals surface area contributed by atoms with E-state index in [0.29, 0.717) is 56.4 Å². The number of nitrogens with one attached hydrogen (secondary N) is 1. The number of piperazine rings is 1. The van der Waals surface area contributed by atoms with Crippen LogP contribution >= 0.6 is 0 Å². The first-order chi connectivity index (χ1) is 15.4. The van der Waals surface area contributed by atoms with Crippen LogP contribution in [0.4, 0.5) is 14.9 Å². The Balaban J connectivity index is 1.28. The van der Waals surface area contributed by atoms with E-state index in [1.165, 1.54) is 6.07 Å². The highest BCUT2D eigenvalue weighted by Gasteiger charge is 2.26. The van der Waals surface area contributed by atoms with Crippen LogP contribution in [-0.2, 0) is 16.6 Å². The van der Waals surface area contributed by atoms with Crippen molar-refractivity contribution in [2.75, 3.05) is 44.2 Å². The molecule has 2 saturated heterocycles. The van der Waals surface area contributed by atoms with E-state index in [-0.39, 0.29) is 11.8 Å². The molecule has 0 unspecified atom stereocenters. The number of anilines is 1. The molecule has 2 fully saturated rings. The number of rotatable bonds is 5. The summed E-state index contributed by atoms with van der Waals surface area (Å²) in [4.78, 5) is 16.5. The zero-order valence-electron chi connectivity index (χ0n) is 18.0. The minimum atomic E-state index is -3.45. The van der Waals surface area contributed by atoms with Crippen molar-refractivity contribution in [2.45, 2.75) is 30.7 Å². The maximum absolute atomic E-state index is 14.0. The fourth-order valence-electron chi connectivity index (χ4n) is 4.18. The molecule has 4 rings (SSSR count). The molecule has 2 aliphatic heterocycles. The van der Waals surface area contributed by atoms with Crippen molar-refractivity contribution < 1.29 is 17.6 Å². The fraction of sp³-hybridized carbons (Fsp3) is 0.435. The number of benzene rings is 2. The number of amides is 2. The number of halogens is 1. The number of sulfonamides is 1. The standard InChI is InChI=1S/C23H29FN4O3S/c24-21-6-2-3-7-22(21)26-14-16-27(17-15-26)23(29)25-18-19-8-10-20(11-9-19)32(30,31)28-12-4-1-5-13-28/h2-3,6-11H,1,4-5,12-18H2,(H,25,29). The first-order valence-electron chi connectivity index (χ1n) is 11.1. The summed E-state index contributed by atoms with van der Waals surface area (Å²) in [6, 6.07) is 13.2. The SMILES string of the molecule is O=C(NCc1ccc(S(=O)(=O)N2CCCCC2)cc1)N1CCN(c2ccccc2F)CC1. The molecule has 2 aromatic carbocycles. The van der Waals surface area contributed by atoms with E-state index in [2.05, 4.69) is 5.32 Å². The Hall–Kier alpha value is -2.65. The number of hydrogen-bond donors (Lipinski definition) is 1. The molecule has 2 amide bonds. The fourth-order valence-corrected chi connectivity index (χ4v) is 5.70. The van der Waals surface area contributed by atoms with Crippen molar-refractivity contribution >= 4 is 21.7 Å². The van der Waals surface area contributed by atoms with Crippen LogP contribution in [0, 0.1) is 5.82 Å². The Morgan fingerprint density at radius 1 is 0.875 bits per heavy atom. The number of piperidine rings is 1. The van der Waals surface area contributed by atoms with Crippen LogP contribution < -0.4 is 10.2 Å². The molecule has 0 bridgehead atoms. The Kier molecular flexibility index (Phi) is 6.95. The van der Waals surface area contributed by atoms with Crippen LogP contribution in [0.1, 0.15) is 24.8 Å². The van der Waals surface area contributed by atoms with Gasteiger partial charge in [0, 0.05) is 45.8 Å². The van der Waals surface area contributed by atoms with Crippen molar-refractivity contribution in [2.24, 2.45) is 0 Å². The van der Waals surface area contributed by atoms with Gasteiger partial charge in [0.15, 0.2) is 0 Å². The van der Waals surface area contributed by atoms with Crippen molar-refractivity contribution in [3.63, 3.8) is 0 Å². The molecule has 172 valence electrons. The number of carbonyl (C=O) groups excluding carboxylic acids is 1. The smallest absolute Gasteiger partial charge is 0.317 e. The highest BCUT2D eigenvalue weighted by atomic mass is 32.2. The van der Waals surface area contributed by atoms with Gasteiger partial charge in [0.1, 0.15) is 5.82 Å². The first kappa shape index (κ1) is 22.5. The van der Waals surface area contributed by atoms with Crippen molar-refractivity contribution in [3.8, 4) is 0 Å². The van der Waals surface area contributed by atoms with Gasteiger partial charge in [0.25, 0.3) is 0 Å². The van der Waals surface area contributed by atoms with E-state index in [1.54, 1.807) is 51.7 Å². The lowest BCUT2D eigenvalue weighted by Gasteiger charge is -2.36. The summed E-state index contributed by atoms with van der Waals surface area (Å²) in [7, 11) is -3.45. The van der Waals surface area contributed by atoms with Gasteiger partial charge in [-0.3, -0.25) is 0 Å². The average Bonchev–Trinajstić information content (AvgIpc) is 2.84. The first-order valence-corrected chi connectivity index (χ1v) is 12.5. The number of para-hydroxylation sites is 1. The highest BCUT2D eigenvalue weighted by Crippen LogP contribution is 2.22. The molecule has 0 aromatic heterocycles. The lowest BCUT2D eigenvalue weighted by atomic mass is 10.2. The summed E-state index contributed by atoms with van der Waals surface area (Å²) in [6.45, 7) is 3.61. The lowest BCUT2D eigenvalue weighted by Crippen LogP contribution is -2.51. The van der Waals surface area contributed by atoms with Crippen molar-refractivity contribution in [3.05, 3.63) is 59.9 Å². The zero-order chi connectivity index (χ0) is 22.6. The number of nitrogens with zero attached hydrogens (tertiary/aromatic N) is 3. The van der Waals surface area contributed by atoms with Gasteiger partial charge in [-0.1, -0.05) is 30.7 Å². The van der Waals surface area contributed by atoms with E-state index in [0.717, 1.165) is 24.8 Å². The Morgan fingerprint density at radius 2 is 1.53 bits per heavy atom. The predicted molar refractivity (Wildman–Crippen MR) is 121 cm³/mol. The van der Waals surface area contributed by atoms with Crippen molar-refractivity contribution in [1.29, 1.82) is 0 Å². The third-order valence-electron chi connectivity index (χ3n) is 6.08. The lowest BCUT2D eigenvalue weighted by molar-refractivity contribution is 0.194. The molecule has 1 N–H and O–H groups in total. The van der Waals surface area contributed by atoms with Gasteiger partial charge in [0.05, 0.1) is 10.6 Å². The largest absolute Gasteiger partial charge is 0.366 e. The topological polar surface area (TPSA) is 73.0 Å². The van der Waals surface area contributed by atoms with E-state index >= 15 is 0 Å². The zero-order valence-corrected chi connectivity index (χ0v) is 18.9. The molecule has 7 nitrogen and oxygen atoms in total. The summed E-state index contributed by atoms with van der Waals surface area (Å²) in [6.07, 6.45) is 2.87. The molecule has 0 radical (unpaired) electrons. The van der Waals surface area contributed by atoms with Crippen LogP contribution in [-0.4, -0.2) is 62.9 Å². The van der Waals surface area contributed by atoms with Gasteiger partial charge in [-0.25, -0.2) is 17.6 Å². The van der Waals surface area contributed by atoms with E-state index in [4.69, 9.17) is 0 Å². The molecule has 32 heavy (non-hydrogen) atoms. The summed E-state index contributed by atoms with van der Waals surface area (Å²) < 4.78 is 41.0. The molecule has 0 saturated carbocycles. The second kappa shape index (κ2) is 9.87. The van der Waals surface area contributed by atoms with Crippen LogP contribution in [0.25, 0.3) is 0 Å². The van der Waals surface area contributed by atoms with Gasteiger partial charge in [-0.15, -0.1) is 0 Å². The molecule has 0 atom stereocenters. The van der Waals surface area contributed by atoms with Gasteiger partial charge in [-0.2, -0.15) is 4.31 Å². The summed E-state index contributed by atoms with van der Waals surface area (Å²) in [5.41, 5.74) is 1.40. The van der Waals surface area contributed by atoms with Crippen LogP contribution in [0.2, 0.25) is 0 Å². The van der Waals surface area contributed by atoms with Gasteiger partial charge >= 0.3 is 6.03 Å². The third kappa shape index (κ3) is 5.05. The molecule has 9 heteroatoms. The molecular formula is C23H29FN4O3S. The van der Waals surface area contributed by atoms with Crippen LogP contribution in [0.5, 0.6) is 0 Å². The molecular weight excluding hydrogens is 431 g/mol. The van der Waals surface area contributed by atoms with E-state index in [9.17, 15) is 17.6 Å². The summed E-state index contributed by atoms with van der Waals surface area (Å²) >= 11 is 0. The van der Waals surface area contributed by atoms with E-state index < -0.39 is 10.0 Å². The maximum atomic E-state index is 14.0. The minimum absolute atomic E-state index is 0.178. The normalized spacial score (nSPS) is 17.9. The van der Waals surface area contributed by atoms with Gasteiger partial charge in [0.2, 0.25) is 10.0 Å².